The van der Waals surface area contributed by atoms with Crippen LogP contribution in [0.4, 0.5) is 5.13 Å². The summed E-state index contributed by atoms with van der Waals surface area (Å²) in [4.78, 5) is 8.60. The zero-order valence-corrected chi connectivity index (χ0v) is 14.0. The third kappa shape index (κ3) is 4.18. The second-order valence-electron chi connectivity index (χ2n) is 6.29. The lowest BCUT2D eigenvalue weighted by atomic mass is 10.2. The molecule has 0 radical (unpaired) electrons. The summed E-state index contributed by atoms with van der Waals surface area (Å²) in [5.74, 6) is 0. The van der Waals surface area contributed by atoms with E-state index in [2.05, 4.69) is 24.2 Å². The zero-order chi connectivity index (χ0) is 14.7. The molecule has 1 aliphatic carbocycles. The number of thiazole rings is 1. The summed E-state index contributed by atoms with van der Waals surface area (Å²) in [6, 6.07) is 0.759. The van der Waals surface area contributed by atoms with E-state index in [9.17, 15) is 0 Å². The lowest BCUT2D eigenvalue weighted by Crippen LogP contribution is -2.28. The van der Waals surface area contributed by atoms with Crippen LogP contribution in [-0.4, -0.2) is 37.3 Å². The Kier molecular flexibility index (Phi) is 5.14. The number of hydrogen-bond donors (Lipinski definition) is 1. The summed E-state index contributed by atoms with van der Waals surface area (Å²) in [6.07, 6.45) is 7.71. The monoisotopic (exact) mass is 309 g/mol. The molecule has 1 unspecified atom stereocenters. The summed E-state index contributed by atoms with van der Waals surface area (Å²) in [5.41, 5.74) is 1.30. The molecule has 3 rings (SSSR count). The first-order valence-corrected chi connectivity index (χ1v) is 9.12. The fourth-order valence-electron chi connectivity index (χ4n) is 2.80. The van der Waals surface area contributed by atoms with Gasteiger partial charge >= 0.3 is 0 Å². The average molecular weight is 309 g/mol. The van der Waals surface area contributed by atoms with E-state index in [0.717, 1.165) is 43.7 Å². The molecule has 1 saturated carbocycles. The number of ether oxygens (including phenoxy) is 1. The Labute approximate surface area is 131 Å². The SMILES string of the molecule is CCCc1nc(N(C)CC2CCCO2)sc1CNC1CC1. The molecule has 1 saturated heterocycles. The van der Waals surface area contributed by atoms with E-state index >= 15 is 0 Å². The number of rotatable bonds is 8. The van der Waals surface area contributed by atoms with E-state index in [1.165, 1.54) is 36.3 Å². The van der Waals surface area contributed by atoms with Crippen LogP contribution < -0.4 is 10.2 Å². The molecule has 0 amide bonds. The minimum Gasteiger partial charge on any atom is -0.376 e. The van der Waals surface area contributed by atoms with Gasteiger partial charge in [0.1, 0.15) is 0 Å². The molecule has 1 aromatic rings. The van der Waals surface area contributed by atoms with Crippen LogP contribution in [0.15, 0.2) is 0 Å². The topological polar surface area (TPSA) is 37.4 Å². The van der Waals surface area contributed by atoms with Gasteiger partial charge in [-0.3, -0.25) is 0 Å². The summed E-state index contributed by atoms with van der Waals surface area (Å²) < 4.78 is 5.74. The zero-order valence-electron chi connectivity index (χ0n) is 13.2. The first-order chi connectivity index (χ1) is 10.3. The summed E-state index contributed by atoms with van der Waals surface area (Å²) in [7, 11) is 2.15. The Balaban J connectivity index is 1.63. The molecular formula is C16H27N3OS. The van der Waals surface area contributed by atoms with Gasteiger partial charge in [0.25, 0.3) is 0 Å². The highest BCUT2D eigenvalue weighted by Gasteiger charge is 2.23. The van der Waals surface area contributed by atoms with Crippen LogP contribution in [0.3, 0.4) is 0 Å². The maximum absolute atomic E-state index is 5.74. The van der Waals surface area contributed by atoms with E-state index in [-0.39, 0.29) is 0 Å². The molecule has 2 heterocycles. The molecule has 2 fully saturated rings. The molecule has 5 heteroatoms. The second kappa shape index (κ2) is 7.07. The standard InChI is InChI=1S/C16H27N3OS/c1-3-5-14-15(10-17-12-7-8-12)21-16(18-14)19(2)11-13-6-4-9-20-13/h12-13,17H,3-11H2,1-2H3. The largest absolute Gasteiger partial charge is 0.376 e. The minimum absolute atomic E-state index is 0.390. The van der Waals surface area contributed by atoms with E-state index in [4.69, 9.17) is 9.72 Å². The smallest absolute Gasteiger partial charge is 0.185 e. The number of anilines is 1. The van der Waals surface area contributed by atoms with Crippen molar-refractivity contribution in [2.45, 2.75) is 64.1 Å². The number of nitrogens with zero attached hydrogens (tertiary/aromatic N) is 2. The van der Waals surface area contributed by atoms with Gasteiger partial charge in [-0.05, 0) is 32.1 Å². The van der Waals surface area contributed by atoms with Crippen LogP contribution in [0.2, 0.25) is 0 Å². The molecule has 0 spiro atoms. The Morgan fingerprint density at radius 3 is 2.90 bits per heavy atom. The normalized spacial score (nSPS) is 21.9. The first-order valence-electron chi connectivity index (χ1n) is 8.31. The molecule has 1 aromatic heterocycles. The molecular weight excluding hydrogens is 282 g/mol. The summed E-state index contributed by atoms with van der Waals surface area (Å²) >= 11 is 1.86. The van der Waals surface area contributed by atoms with Crippen LogP contribution in [0.1, 0.15) is 49.6 Å². The van der Waals surface area contributed by atoms with Gasteiger partial charge in [0.15, 0.2) is 5.13 Å². The Bertz CT molecular complexity index is 452. The fourth-order valence-corrected chi connectivity index (χ4v) is 3.83. The van der Waals surface area contributed by atoms with Crippen molar-refractivity contribution in [1.29, 1.82) is 0 Å². The van der Waals surface area contributed by atoms with E-state index in [0.29, 0.717) is 6.10 Å². The first kappa shape index (κ1) is 15.3. The Morgan fingerprint density at radius 1 is 1.38 bits per heavy atom. The van der Waals surface area contributed by atoms with Crippen molar-refractivity contribution in [3.63, 3.8) is 0 Å². The number of likely N-dealkylation sites (N-methyl/N-ethyl adjacent to an activating group) is 1. The lowest BCUT2D eigenvalue weighted by molar-refractivity contribution is 0.116. The molecule has 2 aliphatic rings. The van der Waals surface area contributed by atoms with E-state index in [1.54, 1.807) is 0 Å². The third-order valence-corrected chi connectivity index (χ3v) is 5.42. The highest BCUT2D eigenvalue weighted by Crippen LogP contribution is 2.29. The van der Waals surface area contributed by atoms with Crippen LogP contribution in [0, 0.1) is 0 Å². The van der Waals surface area contributed by atoms with Crippen molar-refractivity contribution in [3.05, 3.63) is 10.6 Å². The highest BCUT2D eigenvalue weighted by molar-refractivity contribution is 7.15. The van der Waals surface area contributed by atoms with Gasteiger partial charge in [0, 0.05) is 37.7 Å². The summed E-state index contributed by atoms with van der Waals surface area (Å²) in [6.45, 7) is 5.11. The van der Waals surface area contributed by atoms with E-state index in [1.807, 2.05) is 11.3 Å². The van der Waals surface area contributed by atoms with Crippen molar-refractivity contribution in [3.8, 4) is 0 Å². The lowest BCUT2D eigenvalue weighted by Gasteiger charge is -2.19. The molecule has 0 bridgehead atoms. The number of nitrogens with one attached hydrogen (secondary N) is 1. The average Bonchev–Trinajstić information content (AvgIpc) is 2.99. The molecule has 1 aliphatic heterocycles. The van der Waals surface area contributed by atoms with Crippen molar-refractivity contribution in [1.82, 2.24) is 10.3 Å². The Morgan fingerprint density at radius 2 is 2.24 bits per heavy atom. The van der Waals surface area contributed by atoms with Gasteiger partial charge in [-0.2, -0.15) is 0 Å². The van der Waals surface area contributed by atoms with Gasteiger partial charge in [0.05, 0.1) is 11.8 Å². The van der Waals surface area contributed by atoms with Gasteiger partial charge in [-0.1, -0.05) is 13.3 Å². The molecule has 1 N–H and O–H groups in total. The Hall–Kier alpha value is -0.650. The van der Waals surface area contributed by atoms with Crippen LogP contribution >= 0.6 is 11.3 Å². The number of aromatic nitrogens is 1. The van der Waals surface area contributed by atoms with Gasteiger partial charge < -0.3 is 15.0 Å². The van der Waals surface area contributed by atoms with Crippen molar-refractivity contribution in [2.75, 3.05) is 25.1 Å². The molecule has 4 nitrogen and oxygen atoms in total. The third-order valence-electron chi connectivity index (χ3n) is 4.21. The second-order valence-corrected chi connectivity index (χ2v) is 7.35. The molecule has 21 heavy (non-hydrogen) atoms. The summed E-state index contributed by atoms with van der Waals surface area (Å²) in [5, 5.41) is 4.78. The van der Waals surface area contributed by atoms with Crippen LogP contribution in [0.5, 0.6) is 0 Å². The van der Waals surface area contributed by atoms with Crippen molar-refractivity contribution < 1.29 is 4.74 Å². The van der Waals surface area contributed by atoms with E-state index < -0.39 is 0 Å². The maximum Gasteiger partial charge on any atom is 0.185 e. The predicted octanol–water partition coefficient (Wildman–Crippen LogP) is 2.96. The molecule has 118 valence electrons. The van der Waals surface area contributed by atoms with Crippen LogP contribution in [-0.2, 0) is 17.7 Å². The fraction of sp³-hybridized carbons (Fsp3) is 0.812. The molecule has 1 atom stereocenters. The number of aryl methyl sites for hydroxylation is 1. The highest BCUT2D eigenvalue weighted by atomic mass is 32.1. The van der Waals surface area contributed by atoms with Gasteiger partial charge in [-0.15, -0.1) is 11.3 Å². The molecule has 0 aromatic carbocycles. The maximum atomic E-state index is 5.74. The van der Waals surface area contributed by atoms with Crippen molar-refractivity contribution >= 4 is 16.5 Å². The minimum atomic E-state index is 0.390. The van der Waals surface area contributed by atoms with Gasteiger partial charge in [-0.25, -0.2) is 4.98 Å². The quantitative estimate of drug-likeness (QED) is 0.801. The van der Waals surface area contributed by atoms with Crippen molar-refractivity contribution in [2.24, 2.45) is 0 Å². The number of hydrogen-bond acceptors (Lipinski definition) is 5. The predicted molar refractivity (Wildman–Crippen MR) is 88.2 cm³/mol. The van der Waals surface area contributed by atoms with Crippen LogP contribution in [0.25, 0.3) is 0 Å². The van der Waals surface area contributed by atoms with Gasteiger partial charge in [0.2, 0.25) is 0 Å².